The molecule has 1 fully saturated rings. The fraction of sp³-hybridized carbons (Fsp3) is 0.588. The maximum absolute atomic E-state index is 12.1. The van der Waals surface area contributed by atoms with Crippen molar-refractivity contribution in [1.29, 1.82) is 0 Å². The average molecular weight is 260 g/mol. The van der Waals surface area contributed by atoms with Gasteiger partial charge >= 0.3 is 0 Å². The van der Waals surface area contributed by atoms with E-state index in [1.165, 1.54) is 38.5 Å². The monoisotopic (exact) mass is 260 g/mol. The lowest BCUT2D eigenvalue weighted by atomic mass is 10.0. The summed E-state index contributed by atoms with van der Waals surface area (Å²) < 4.78 is 5.65. The Kier molecular flexibility index (Phi) is 5.59. The van der Waals surface area contributed by atoms with E-state index in [1.807, 2.05) is 31.2 Å². The van der Waals surface area contributed by atoms with Crippen LogP contribution in [-0.2, 0) is 4.74 Å². The molecule has 1 aliphatic rings. The Morgan fingerprint density at radius 1 is 1.16 bits per heavy atom. The topological polar surface area (TPSA) is 26.3 Å². The Hall–Kier alpha value is -1.15. The minimum absolute atomic E-state index is 0.103. The molecule has 0 amide bonds. The molecule has 0 saturated heterocycles. The molecule has 0 atom stereocenters. The van der Waals surface area contributed by atoms with Gasteiger partial charge in [0.2, 0.25) is 0 Å². The van der Waals surface area contributed by atoms with Gasteiger partial charge in [-0.25, -0.2) is 0 Å². The number of ketones is 1. The van der Waals surface area contributed by atoms with Crippen molar-refractivity contribution >= 4 is 5.78 Å². The van der Waals surface area contributed by atoms with E-state index < -0.39 is 0 Å². The van der Waals surface area contributed by atoms with Crippen LogP contribution in [0.3, 0.4) is 0 Å². The van der Waals surface area contributed by atoms with Crippen LogP contribution in [0.2, 0.25) is 0 Å². The average Bonchev–Trinajstić information content (AvgIpc) is 2.68. The molecule has 2 heteroatoms. The number of hydrogen-bond donors (Lipinski definition) is 0. The zero-order chi connectivity index (χ0) is 13.5. The molecule has 0 aromatic heterocycles. The standard InChI is InChI=1S/C17H24O2/c1-14-8-6-7-11-16(14)17(18)13-19-12-15-9-4-2-3-5-10-15/h6-8,11,15H,2-5,9-10,12-13H2,1H3. The third-order valence-corrected chi connectivity index (χ3v) is 4.01. The van der Waals surface area contributed by atoms with Gasteiger partial charge in [0.1, 0.15) is 6.61 Å². The molecule has 0 unspecified atom stereocenters. The molecule has 0 N–H and O–H groups in total. The van der Waals surface area contributed by atoms with E-state index in [9.17, 15) is 4.79 Å². The lowest BCUT2D eigenvalue weighted by Crippen LogP contribution is -2.15. The van der Waals surface area contributed by atoms with Crippen LogP contribution in [0.25, 0.3) is 0 Å². The molecule has 0 bridgehead atoms. The Balaban J connectivity index is 1.76. The first-order chi connectivity index (χ1) is 9.27. The number of ether oxygens (including phenoxy) is 1. The normalized spacial score (nSPS) is 17.1. The van der Waals surface area contributed by atoms with E-state index in [4.69, 9.17) is 4.74 Å². The van der Waals surface area contributed by atoms with Crippen LogP contribution < -0.4 is 0 Å². The molecule has 104 valence electrons. The smallest absolute Gasteiger partial charge is 0.188 e. The summed E-state index contributed by atoms with van der Waals surface area (Å²) in [7, 11) is 0. The van der Waals surface area contributed by atoms with Gasteiger partial charge in [0, 0.05) is 5.56 Å². The SMILES string of the molecule is Cc1ccccc1C(=O)COCC1CCCCCC1. The highest BCUT2D eigenvalue weighted by Gasteiger charge is 2.14. The van der Waals surface area contributed by atoms with Crippen LogP contribution in [0.5, 0.6) is 0 Å². The van der Waals surface area contributed by atoms with Crippen molar-refractivity contribution < 1.29 is 9.53 Å². The quantitative estimate of drug-likeness (QED) is 0.587. The fourth-order valence-electron chi connectivity index (χ4n) is 2.81. The summed E-state index contributed by atoms with van der Waals surface area (Å²) in [6.45, 7) is 2.94. The number of benzene rings is 1. The molecule has 0 aliphatic heterocycles. The van der Waals surface area contributed by atoms with Crippen molar-refractivity contribution in [3.05, 3.63) is 35.4 Å². The maximum Gasteiger partial charge on any atom is 0.188 e. The minimum Gasteiger partial charge on any atom is -0.373 e. The third kappa shape index (κ3) is 4.46. The molecular formula is C17H24O2. The van der Waals surface area contributed by atoms with E-state index in [0.29, 0.717) is 5.92 Å². The zero-order valence-electron chi connectivity index (χ0n) is 11.9. The summed E-state index contributed by atoms with van der Waals surface area (Å²) in [6, 6.07) is 7.72. The summed E-state index contributed by atoms with van der Waals surface area (Å²) in [5, 5.41) is 0. The maximum atomic E-state index is 12.1. The molecule has 1 saturated carbocycles. The Bertz CT molecular complexity index is 403. The second-order valence-corrected chi connectivity index (χ2v) is 5.61. The van der Waals surface area contributed by atoms with Crippen LogP contribution in [-0.4, -0.2) is 19.0 Å². The van der Waals surface area contributed by atoms with Crippen LogP contribution >= 0.6 is 0 Å². The number of aryl methyl sites for hydroxylation is 1. The fourth-order valence-corrected chi connectivity index (χ4v) is 2.81. The highest BCUT2D eigenvalue weighted by molar-refractivity contribution is 5.98. The van der Waals surface area contributed by atoms with Crippen molar-refractivity contribution in [2.24, 2.45) is 5.92 Å². The van der Waals surface area contributed by atoms with Crippen molar-refractivity contribution in [2.75, 3.05) is 13.2 Å². The summed E-state index contributed by atoms with van der Waals surface area (Å²) in [6.07, 6.45) is 7.88. The molecule has 1 aliphatic carbocycles. The van der Waals surface area contributed by atoms with Crippen molar-refractivity contribution in [2.45, 2.75) is 45.4 Å². The van der Waals surface area contributed by atoms with Crippen LogP contribution in [0.4, 0.5) is 0 Å². The van der Waals surface area contributed by atoms with Gasteiger partial charge in [-0.05, 0) is 31.2 Å². The molecular weight excluding hydrogens is 236 g/mol. The van der Waals surface area contributed by atoms with Gasteiger partial charge in [0.25, 0.3) is 0 Å². The highest BCUT2D eigenvalue weighted by atomic mass is 16.5. The van der Waals surface area contributed by atoms with E-state index in [0.717, 1.165) is 17.7 Å². The summed E-state index contributed by atoms with van der Waals surface area (Å²) in [5.41, 5.74) is 1.83. The number of carbonyl (C=O) groups excluding carboxylic acids is 1. The van der Waals surface area contributed by atoms with Crippen LogP contribution in [0, 0.1) is 12.8 Å². The van der Waals surface area contributed by atoms with Gasteiger partial charge in [0.15, 0.2) is 5.78 Å². The second-order valence-electron chi connectivity index (χ2n) is 5.61. The third-order valence-electron chi connectivity index (χ3n) is 4.01. The Morgan fingerprint density at radius 2 is 1.84 bits per heavy atom. The molecule has 1 aromatic carbocycles. The first kappa shape index (κ1) is 14.3. The molecule has 1 aromatic rings. The minimum atomic E-state index is 0.103. The summed E-state index contributed by atoms with van der Waals surface area (Å²) >= 11 is 0. The van der Waals surface area contributed by atoms with Gasteiger partial charge in [-0.2, -0.15) is 0 Å². The van der Waals surface area contributed by atoms with Crippen molar-refractivity contribution in [1.82, 2.24) is 0 Å². The van der Waals surface area contributed by atoms with E-state index in [-0.39, 0.29) is 12.4 Å². The van der Waals surface area contributed by atoms with Crippen LogP contribution in [0.1, 0.15) is 54.4 Å². The number of carbonyl (C=O) groups is 1. The van der Waals surface area contributed by atoms with Crippen molar-refractivity contribution in [3.8, 4) is 0 Å². The molecule has 19 heavy (non-hydrogen) atoms. The second kappa shape index (κ2) is 7.44. The predicted octanol–water partition coefficient (Wildman–Crippen LogP) is 4.16. The first-order valence-electron chi connectivity index (χ1n) is 7.44. The van der Waals surface area contributed by atoms with Gasteiger partial charge in [-0.15, -0.1) is 0 Å². The zero-order valence-corrected chi connectivity index (χ0v) is 11.9. The van der Waals surface area contributed by atoms with Crippen molar-refractivity contribution in [3.63, 3.8) is 0 Å². The lowest BCUT2D eigenvalue weighted by molar-refractivity contribution is 0.0657. The Morgan fingerprint density at radius 3 is 2.53 bits per heavy atom. The predicted molar refractivity (Wildman–Crippen MR) is 77.5 cm³/mol. The van der Waals surface area contributed by atoms with Gasteiger partial charge < -0.3 is 4.74 Å². The van der Waals surface area contributed by atoms with Gasteiger partial charge in [0.05, 0.1) is 6.61 Å². The number of hydrogen-bond acceptors (Lipinski definition) is 2. The molecule has 0 radical (unpaired) electrons. The Labute approximate surface area is 116 Å². The molecule has 2 nitrogen and oxygen atoms in total. The first-order valence-corrected chi connectivity index (χ1v) is 7.44. The summed E-state index contributed by atoms with van der Waals surface area (Å²) in [4.78, 5) is 12.1. The summed E-state index contributed by atoms with van der Waals surface area (Å²) in [5.74, 6) is 0.763. The number of Topliss-reactive ketones (excluding diaryl/α,β-unsaturated/α-hetero) is 1. The van der Waals surface area contributed by atoms with Gasteiger partial charge in [-0.3, -0.25) is 4.79 Å². The number of rotatable bonds is 5. The highest BCUT2D eigenvalue weighted by Crippen LogP contribution is 2.23. The van der Waals surface area contributed by atoms with Crippen LogP contribution in [0.15, 0.2) is 24.3 Å². The lowest BCUT2D eigenvalue weighted by Gasteiger charge is -2.14. The van der Waals surface area contributed by atoms with Gasteiger partial charge in [-0.1, -0.05) is 49.9 Å². The molecule has 0 spiro atoms. The van der Waals surface area contributed by atoms with E-state index >= 15 is 0 Å². The largest absolute Gasteiger partial charge is 0.373 e. The molecule has 2 rings (SSSR count). The van der Waals surface area contributed by atoms with E-state index in [2.05, 4.69) is 0 Å². The molecule has 0 heterocycles. The van der Waals surface area contributed by atoms with E-state index in [1.54, 1.807) is 0 Å².